The van der Waals surface area contributed by atoms with E-state index in [9.17, 15) is 14.5 Å². The van der Waals surface area contributed by atoms with Crippen LogP contribution in [-0.4, -0.2) is 34.5 Å². The van der Waals surface area contributed by atoms with E-state index in [-0.39, 0.29) is 17.0 Å². The lowest BCUT2D eigenvalue weighted by Crippen LogP contribution is -2.48. The van der Waals surface area contributed by atoms with Gasteiger partial charge >= 0.3 is 0 Å². The van der Waals surface area contributed by atoms with Crippen molar-refractivity contribution in [3.8, 4) is 0 Å². The van der Waals surface area contributed by atoms with Gasteiger partial charge in [-0.2, -0.15) is 4.91 Å². The van der Waals surface area contributed by atoms with Crippen molar-refractivity contribution in [1.82, 2.24) is 14.8 Å². The Morgan fingerprint density at radius 1 is 1.17 bits per heavy atom. The monoisotopic (exact) mass is 424 g/mol. The molecule has 4 rings (SSSR count). The summed E-state index contributed by atoms with van der Waals surface area (Å²) < 4.78 is 1.79. The molecule has 1 saturated heterocycles. The van der Waals surface area contributed by atoms with Gasteiger partial charge in [-0.05, 0) is 35.4 Å². The summed E-state index contributed by atoms with van der Waals surface area (Å²) >= 11 is 5.88. The molecular weight excluding hydrogens is 404 g/mol. The maximum absolute atomic E-state index is 13.0. The summed E-state index contributed by atoms with van der Waals surface area (Å²) in [7, 11) is 1.81. The number of carbonyl (C=O) groups excluding carboxylic acids is 1. The summed E-state index contributed by atoms with van der Waals surface area (Å²) in [6, 6.07) is 12.7. The largest absolute Gasteiger partial charge is 0.350 e. The molecular formula is C22H21ClN4O3. The molecule has 0 radical (unpaired) electrons. The van der Waals surface area contributed by atoms with Gasteiger partial charge < -0.3 is 9.88 Å². The van der Waals surface area contributed by atoms with E-state index in [0.717, 1.165) is 16.6 Å². The highest BCUT2D eigenvalue weighted by Crippen LogP contribution is 2.19. The van der Waals surface area contributed by atoms with E-state index in [1.165, 1.54) is 0 Å². The number of rotatable bonds is 6. The van der Waals surface area contributed by atoms with Crippen molar-refractivity contribution in [2.24, 2.45) is 12.2 Å². The minimum atomic E-state index is -0.416. The van der Waals surface area contributed by atoms with E-state index >= 15 is 0 Å². The van der Waals surface area contributed by atoms with E-state index in [1.807, 2.05) is 37.4 Å². The quantitative estimate of drug-likeness (QED) is 0.616. The number of aryl methyl sites for hydroxylation is 1. The van der Waals surface area contributed by atoms with Crippen molar-refractivity contribution >= 4 is 28.4 Å². The molecule has 0 saturated carbocycles. The number of likely N-dealkylation sites (tertiary alicyclic amines) is 1. The van der Waals surface area contributed by atoms with Gasteiger partial charge in [0.2, 0.25) is 5.43 Å². The number of hydrogen-bond donors (Lipinski definition) is 1. The lowest BCUT2D eigenvalue weighted by molar-refractivity contribution is 0.0949. The molecule has 154 valence electrons. The molecule has 1 amide bonds. The fourth-order valence-corrected chi connectivity index (χ4v) is 3.80. The Labute approximate surface area is 178 Å². The molecule has 8 heteroatoms. The van der Waals surface area contributed by atoms with E-state index in [0.29, 0.717) is 36.6 Å². The molecule has 1 N–H and O–H groups in total. The highest BCUT2D eigenvalue weighted by atomic mass is 35.5. The summed E-state index contributed by atoms with van der Waals surface area (Å²) in [4.78, 5) is 38.4. The molecule has 0 bridgehead atoms. The molecule has 0 spiro atoms. The Kier molecular flexibility index (Phi) is 5.65. The number of halogens is 1. The third-order valence-electron chi connectivity index (χ3n) is 5.36. The van der Waals surface area contributed by atoms with Crippen molar-refractivity contribution in [2.75, 3.05) is 13.1 Å². The number of nitrogens with zero attached hydrogens (tertiary/aromatic N) is 3. The number of nitroso groups, excluding NO2 is 1. The molecule has 1 aliphatic rings. The van der Waals surface area contributed by atoms with Gasteiger partial charge in [-0.1, -0.05) is 35.0 Å². The summed E-state index contributed by atoms with van der Waals surface area (Å²) in [6.45, 7) is 2.20. The van der Waals surface area contributed by atoms with Crippen LogP contribution in [0.1, 0.15) is 21.5 Å². The second-order valence-electron chi connectivity index (χ2n) is 7.60. The number of pyridine rings is 1. The third kappa shape index (κ3) is 4.13. The van der Waals surface area contributed by atoms with Gasteiger partial charge in [0.15, 0.2) is 0 Å². The molecule has 0 atom stereocenters. The second-order valence-corrected chi connectivity index (χ2v) is 8.03. The first-order valence-electron chi connectivity index (χ1n) is 9.64. The van der Waals surface area contributed by atoms with E-state index in [2.05, 4.69) is 15.4 Å². The van der Waals surface area contributed by atoms with Crippen LogP contribution in [-0.2, 0) is 20.1 Å². The van der Waals surface area contributed by atoms with E-state index < -0.39 is 5.91 Å². The number of benzene rings is 2. The van der Waals surface area contributed by atoms with Crippen LogP contribution < -0.4 is 10.7 Å². The van der Waals surface area contributed by atoms with Crippen molar-refractivity contribution in [2.45, 2.75) is 19.1 Å². The maximum Gasteiger partial charge on any atom is 0.257 e. The molecule has 2 heterocycles. The predicted octanol–water partition coefficient (Wildman–Crippen LogP) is 3.07. The maximum atomic E-state index is 13.0. The van der Waals surface area contributed by atoms with Crippen LogP contribution in [0.3, 0.4) is 0 Å². The number of fused-ring (bicyclic) bond motifs is 1. The lowest BCUT2D eigenvalue weighted by Gasteiger charge is -2.34. The predicted molar refractivity (Wildman–Crippen MR) is 117 cm³/mol. The zero-order valence-electron chi connectivity index (χ0n) is 16.5. The summed E-state index contributed by atoms with van der Waals surface area (Å²) in [5.74, 6) is -0.416. The molecule has 3 aromatic rings. The molecule has 0 unspecified atom stereocenters. The van der Waals surface area contributed by atoms with Crippen molar-refractivity contribution < 1.29 is 4.79 Å². The van der Waals surface area contributed by atoms with Crippen LogP contribution in [0.2, 0.25) is 5.02 Å². The molecule has 1 aliphatic heterocycles. The number of carbonyl (C=O) groups is 1. The SMILES string of the molecule is Cn1cc(C(=O)NCc2ccc(Cl)cc2)c(=O)c2cc(CN3CC(N=O)C3)ccc21. The second kappa shape index (κ2) is 8.38. The van der Waals surface area contributed by atoms with Crippen LogP contribution in [0.25, 0.3) is 10.9 Å². The fraction of sp³-hybridized carbons (Fsp3) is 0.273. The summed E-state index contributed by atoms with van der Waals surface area (Å²) in [5, 5.41) is 6.97. The van der Waals surface area contributed by atoms with Gasteiger partial charge in [-0.3, -0.25) is 14.5 Å². The van der Waals surface area contributed by atoms with Gasteiger partial charge in [0, 0.05) is 49.8 Å². The van der Waals surface area contributed by atoms with Crippen LogP contribution in [0, 0.1) is 4.91 Å². The molecule has 1 fully saturated rings. The standard InChI is InChI=1S/C22H21ClN4O3/c1-26-13-19(22(29)24-9-14-2-5-16(23)6-3-14)21(28)18-8-15(4-7-20(18)26)10-27-11-17(12-27)25-30/h2-8,13,17H,9-12H2,1H3,(H,24,29). The Morgan fingerprint density at radius 3 is 2.57 bits per heavy atom. The van der Waals surface area contributed by atoms with Gasteiger partial charge in [-0.15, -0.1) is 0 Å². The topological polar surface area (TPSA) is 83.8 Å². The number of nitrogens with one attached hydrogen (secondary N) is 1. The average molecular weight is 425 g/mol. The molecule has 0 aliphatic carbocycles. The first-order valence-corrected chi connectivity index (χ1v) is 10.0. The van der Waals surface area contributed by atoms with Crippen LogP contribution in [0.4, 0.5) is 0 Å². The minimum Gasteiger partial charge on any atom is -0.350 e. The zero-order chi connectivity index (χ0) is 21.3. The smallest absolute Gasteiger partial charge is 0.257 e. The third-order valence-corrected chi connectivity index (χ3v) is 5.61. The molecule has 7 nitrogen and oxygen atoms in total. The van der Waals surface area contributed by atoms with E-state index in [4.69, 9.17) is 11.6 Å². The summed E-state index contributed by atoms with van der Waals surface area (Å²) in [6.07, 6.45) is 1.57. The Balaban J connectivity index is 1.56. The van der Waals surface area contributed by atoms with Gasteiger partial charge in [0.25, 0.3) is 5.91 Å². The molecule has 1 aromatic heterocycles. The highest BCUT2D eigenvalue weighted by molar-refractivity contribution is 6.30. The van der Waals surface area contributed by atoms with Gasteiger partial charge in [-0.25, -0.2) is 0 Å². The van der Waals surface area contributed by atoms with Crippen molar-refractivity contribution in [3.05, 3.63) is 85.5 Å². The minimum absolute atomic E-state index is 0.102. The van der Waals surface area contributed by atoms with Gasteiger partial charge in [0.05, 0.1) is 5.52 Å². The average Bonchev–Trinajstić information content (AvgIpc) is 2.72. The molecule has 30 heavy (non-hydrogen) atoms. The first-order chi connectivity index (χ1) is 14.4. The summed E-state index contributed by atoms with van der Waals surface area (Å²) in [5.41, 5.74) is 2.42. The van der Waals surface area contributed by atoms with E-state index in [1.54, 1.807) is 22.9 Å². The van der Waals surface area contributed by atoms with Crippen LogP contribution in [0.15, 0.2) is 58.6 Å². The first kappa shape index (κ1) is 20.3. The highest BCUT2D eigenvalue weighted by Gasteiger charge is 2.27. The zero-order valence-corrected chi connectivity index (χ0v) is 17.2. The number of hydrogen-bond acceptors (Lipinski definition) is 5. The number of amides is 1. The number of aromatic nitrogens is 1. The Morgan fingerprint density at radius 2 is 1.87 bits per heavy atom. The normalized spacial score (nSPS) is 14.5. The Bertz CT molecular complexity index is 1170. The Hall–Kier alpha value is -3.03. The molecule has 2 aromatic carbocycles. The lowest BCUT2D eigenvalue weighted by atomic mass is 10.0. The van der Waals surface area contributed by atoms with Gasteiger partial charge in [0.1, 0.15) is 11.6 Å². The van der Waals surface area contributed by atoms with Crippen molar-refractivity contribution in [1.29, 1.82) is 0 Å². The van der Waals surface area contributed by atoms with Crippen LogP contribution in [0.5, 0.6) is 0 Å². The van der Waals surface area contributed by atoms with Crippen molar-refractivity contribution in [3.63, 3.8) is 0 Å². The van der Waals surface area contributed by atoms with Crippen LogP contribution >= 0.6 is 11.6 Å². The fourth-order valence-electron chi connectivity index (χ4n) is 3.68.